The van der Waals surface area contributed by atoms with Crippen molar-refractivity contribution >= 4 is 45.2 Å². The molecule has 1 amide bonds. The summed E-state index contributed by atoms with van der Waals surface area (Å²) >= 11 is 3.07. The van der Waals surface area contributed by atoms with E-state index in [9.17, 15) is 9.59 Å². The number of nitrogens with zero attached hydrogens (tertiary/aromatic N) is 2. The lowest BCUT2D eigenvalue weighted by Gasteiger charge is -2.31. The van der Waals surface area contributed by atoms with Crippen LogP contribution in [0.1, 0.15) is 19.8 Å². The molecule has 0 N–H and O–H groups in total. The Hall–Kier alpha value is -1.60. The van der Waals surface area contributed by atoms with Crippen molar-refractivity contribution in [3.05, 3.63) is 24.3 Å². The van der Waals surface area contributed by atoms with Crippen LogP contribution in [-0.4, -0.2) is 47.2 Å². The third kappa shape index (κ3) is 4.08. The van der Waals surface area contributed by atoms with Crippen molar-refractivity contribution in [2.75, 3.05) is 25.4 Å². The van der Waals surface area contributed by atoms with Crippen molar-refractivity contribution in [1.29, 1.82) is 0 Å². The fraction of sp³-hybridized carbons (Fsp3) is 0.471. The van der Waals surface area contributed by atoms with E-state index in [1.807, 2.05) is 24.3 Å². The van der Waals surface area contributed by atoms with Gasteiger partial charge in [-0.2, -0.15) is 0 Å². The van der Waals surface area contributed by atoms with Gasteiger partial charge in [0.1, 0.15) is 0 Å². The number of piperidine rings is 1. The normalized spacial score (nSPS) is 17.9. The number of esters is 1. The van der Waals surface area contributed by atoms with Crippen LogP contribution in [0.15, 0.2) is 28.6 Å². The molecule has 7 heteroatoms. The largest absolute Gasteiger partial charge is 0.466 e. The molecule has 128 valence electrons. The lowest BCUT2D eigenvalue weighted by molar-refractivity contribution is -0.151. The summed E-state index contributed by atoms with van der Waals surface area (Å²) in [6, 6.07) is 7.97. The van der Waals surface area contributed by atoms with Crippen LogP contribution in [0.25, 0.3) is 10.2 Å². The standard InChI is InChI=1S/C17H20N2O3S2/c1-2-22-16(21)12-6-5-9-19(10-12)15(20)11-23-17-18-13-7-3-4-8-14(13)24-17/h3-4,7-8,12H,2,5-6,9-11H2,1H3/t12-/m0/s1. The number of aromatic nitrogens is 1. The molecule has 1 fully saturated rings. The van der Waals surface area contributed by atoms with Crippen LogP contribution in [0.5, 0.6) is 0 Å². The van der Waals surface area contributed by atoms with E-state index in [1.54, 1.807) is 23.2 Å². The highest BCUT2D eigenvalue weighted by Crippen LogP contribution is 2.29. The molecule has 1 aliphatic heterocycles. The highest BCUT2D eigenvalue weighted by Gasteiger charge is 2.29. The zero-order valence-corrected chi connectivity index (χ0v) is 15.2. The molecule has 24 heavy (non-hydrogen) atoms. The molecule has 2 heterocycles. The van der Waals surface area contributed by atoms with Gasteiger partial charge in [0.2, 0.25) is 5.91 Å². The molecule has 0 unspecified atom stereocenters. The van der Waals surface area contributed by atoms with E-state index in [2.05, 4.69) is 4.98 Å². The summed E-state index contributed by atoms with van der Waals surface area (Å²) in [4.78, 5) is 30.6. The summed E-state index contributed by atoms with van der Waals surface area (Å²) in [5, 5.41) is 0. The Morgan fingerprint density at radius 1 is 1.42 bits per heavy atom. The maximum atomic E-state index is 12.4. The zero-order chi connectivity index (χ0) is 16.9. The fourth-order valence-electron chi connectivity index (χ4n) is 2.78. The Labute approximate surface area is 149 Å². The van der Waals surface area contributed by atoms with Crippen LogP contribution in [0.2, 0.25) is 0 Å². The van der Waals surface area contributed by atoms with E-state index in [1.165, 1.54) is 11.8 Å². The lowest BCUT2D eigenvalue weighted by Crippen LogP contribution is -2.43. The van der Waals surface area contributed by atoms with E-state index in [4.69, 9.17) is 4.74 Å². The van der Waals surface area contributed by atoms with E-state index >= 15 is 0 Å². The molecule has 1 aliphatic rings. The maximum Gasteiger partial charge on any atom is 0.310 e. The molecule has 1 aromatic heterocycles. The molecule has 3 rings (SSSR count). The van der Waals surface area contributed by atoms with Gasteiger partial charge in [-0.1, -0.05) is 23.9 Å². The first-order chi connectivity index (χ1) is 11.7. The predicted octanol–water partition coefficient (Wildman–Crippen LogP) is 3.19. The van der Waals surface area contributed by atoms with Crippen LogP contribution in [0.4, 0.5) is 0 Å². The van der Waals surface area contributed by atoms with Gasteiger partial charge < -0.3 is 9.64 Å². The number of benzene rings is 1. The van der Waals surface area contributed by atoms with Gasteiger partial charge in [0, 0.05) is 13.1 Å². The van der Waals surface area contributed by atoms with E-state index in [0.717, 1.165) is 33.9 Å². The molecular formula is C17H20N2O3S2. The summed E-state index contributed by atoms with van der Waals surface area (Å²) < 4.78 is 7.12. The van der Waals surface area contributed by atoms with Crippen molar-refractivity contribution < 1.29 is 14.3 Å². The number of thiazole rings is 1. The maximum absolute atomic E-state index is 12.4. The molecule has 5 nitrogen and oxygen atoms in total. The summed E-state index contributed by atoms with van der Waals surface area (Å²) in [6.45, 7) is 3.38. The van der Waals surface area contributed by atoms with Crippen molar-refractivity contribution in [3.8, 4) is 0 Å². The van der Waals surface area contributed by atoms with Crippen LogP contribution in [-0.2, 0) is 14.3 Å². The van der Waals surface area contributed by atoms with Crippen molar-refractivity contribution in [1.82, 2.24) is 9.88 Å². The number of para-hydroxylation sites is 1. The number of rotatable bonds is 5. The van der Waals surface area contributed by atoms with Gasteiger partial charge in [-0.05, 0) is 31.9 Å². The average molecular weight is 364 g/mol. The minimum Gasteiger partial charge on any atom is -0.466 e. The number of amides is 1. The second-order valence-corrected chi connectivity index (χ2v) is 7.92. The SMILES string of the molecule is CCOC(=O)[C@H]1CCCN(C(=O)CSc2nc3ccccc3s2)C1. The molecule has 2 aromatic rings. The van der Waals surface area contributed by atoms with E-state index in [0.29, 0.717) is 18.9 Å². The monoisotopic (exact) mass is 364 g/mol. The Kier molecular flexibility index (Phi) is 5.73. The minimum absolute atomic E-state index is 0.0632. The topological polar surface area (TPSA) is 59.5 Å². The number of fused-ring (bicyclic) bond motifs is 1. The molecule has 0 saturated carbocycles. The molecule has 1 atom stereocenters. The van der Waals surface area contributed by atoms with Gasteiger partial charge in [0.05, 0.1) is 28.5 Å². The average Bonchev–Trinajstić information content (AvgIpc) is 3.03. The molecule has 0 spiro atoms. The first kappa shape index (κ1) is 17.2. The summed E-state index contributed by atoms with van der Waals surface area (Å²) in [5.74, 6) is 0.0483. The molecule has 0 radical (unpaired) electrons. The zero-order valence-electron chi connectivity index (χ0n) is 13.6. The van der Waals surface area contributed by atoms with Crippen molar-refractivity contribution in [3.63, 3.8) is 0 Å². The highest BCUT2D eigenvalue weighted by molar-refractivity contribution is 8.01. The molecule has 1 saturated heterocycles. The first-order valence-corrected chi connectivity index (χ1v) is 9.90. The van der Waals surface area contributed by atoms with Gasteiger partial charge >= 0.3 is 5.97 Å². The van der Waals surface area contributed by atoms with Gasteiger partial charge in [0.25, 0.3) is 0 Å². The van der Waals surface area contributed by atoms with E-state index < -0.39 is 0 Å². The Balaban J connectivity index is 1.55. The summed E-state index contributed by atoms with van der Waals surface area (Å²) in [5.41, 5.74) is 0.970. The molecule has 0 bridgehead atoms. The number of carbonyl (C=O) groups is 2. The number of carbonyl (C=O) groups excluding carboxylic acids is 2. The van der Waals surface area contributed by atoms with Crippen LogP contribution in [0.3, 0.4) is 0 Å². The fourth-order valence-corrected chi connectivity index (χ4v) is 4.75. The quantitative estimate of drug-likeness (QED) is 0.602. The van der Waals surface area contributed by atoms with Gasteiger partial charge in [0.15, 0.2) is 4.34 Å². The number of hydrogen-bond donors (Lipinski definition) is 0. The number of likely N-dealkylation sites (tertiary alicyclic amines) is 1. The number of ether oxygens (including phenoxy) is 1. The Morgan fingerprint density at radius 2 is 2.25 bits per heavy atom. The van der Waals surface area contributed by atoms with Gasteiger partial charge in [-0.3, -0.25) is 9.59 Å². The Bertz CT molecular complexity index is 698. The van der Waals surface area contributed by atoms with Crippen molar-refractivity contribution in [2.24, 2.45) is 5.92 Å². The first-order valence-electron chi connectivity index (χ1n) is 8.10. The summed E-state index contributed by atoms with van der Waals surface area (Å²) in [7, 11) is 0. The Morgan fingerprint density at radius 3 is 3.04 bits per heavy atom. The molecule has 1 aromatic carbocycles. The second-order valence-electron chi connectivity index (χ2n) is 5.67. The minimum atomic E-state index is -0.186. The van der Waals surface area contributed by atoms with Gasteiger partial charge in [-0.15, -0.1) is 11.3 Å². The third-order valence-corrected chi connectivity index (χ3v) is 6.15. The third-order valence-electron chi connectivity index (χ3n) is 3.99. The molecule has 0 aliphatic carbocycles. The van der Waals surface area contributed by atoms with Gasteiger partial charge in [-0.25, -0.2) is 4.98 Å². The predicted molar refractivity (Wildman–Crippen MR) is 96.3 cm³/mol. The highest BCUT2D eigenvalue weighted by atomic mass is 32.2. The molecular weight excluding hydrogens is 344 g/mol. The number of hydrogen-bond acceptors (Lipinski definition) is 6. The summed E-state index contributed by atoms with van der Waals surface area (Å²) in [6.07, 6.45) is 1.65. The van der Waals surface area contributed by atoms with Crippen LogP contribution < -0.4 is 0 Å². The second kappa shape index (κ2) is 7.98. The lowest BCUT2D eigenvalue weighted by atomic mass is 9.98. The van der Waals surface area contributed by atoms with Crippen molar-refractivity contribution in [2.45, 2.75) is 24.1 Å². The van der Waals surface area contributed by atoms with E-state index in [-0.39, 0.29) is 17.8 Å². The van der Waals surface area contributed by atoms with Crippen LogP contribution >= 0.6 is 23.1 Å². The smallest absolute Gasteiger partial charge is 0.310 e. The van der Waals surface area contributed by atoms with Crippen LogP contribution in [0, 0.1) is 5.92 Å². The number of thioether (sulfide) groups is 1.